The minimum atomic E-state index is -0.948. The van der Waals surface area contributed by atoms with Crippen molar-refractivity contribution >= 4 is 18.0 Å². The quantitative estimate of drug-likeness (QED) is 0.496. The summed E-state index contributed by atoms with van der Waals surface area (Å²) in [5.41, 5.74) is 4.52. The van der Waals surface area contributed by atoms with Gasteiger partial charge in [0.15, 0.2) is 6.10 Å². The van der Waals surface area contributed by atoms with E-state index in [9.17, 15) is 19.5 Å². The van der Waals surface area contributed by atoms with E-state index in [2.05, 4.69) is 22.8 Å². The summed E-state index contributed by atoms with van der Waals surface area (Å²) >= 11 is 0. The summed E-state index contributed by atoms with van der Waals surface area (Å²) < 4.78 is 10.7. The van der Waals surface area contributed by atoms with Crippen molar-refractivity contribution in [1.29, 1.82) is 0 Å². The molecule has 0 aliphatic heterocycles. The van der Waals surface area contributed by atoms with Crippen molar-refractivity contribution < 1.29 is 29.0 Å². The molecule has 8 heteroatoms. The van der Waals surface area contributed by atoms with Crippen LogP contribution in [-0.4, -0.2) is 56.0 Å². The van der Waals surface area contributed by atoms with Crippen molar-refractivity contribution in [2.24, 2.45) is 11.8 Å². The standard InChI is InChI=1S/C26H30N2O6/c1-33-23(24(29)27-13-21(25(30)31)16-7-6-8-16)14-28-26(32)34-15-22-19-11-4-2-9-17(19)18-10-3-5-12-20(18)22/h2-5,9-12,16,21-23H,6-8,13-15H2,1H3,(H,27,29)(H,28,32)(H,30,31). The third-order valence-electron chi connectivity index (χ3n) is 6.88. The van der Waals surface area contributed by atoms with E-state index in [1.165, 1.54) is 7.11 Å². The second-order valence-corrected chi connectivity index (χ2v) is 8.81. The zero-order valence-electron chi connectivity index (χ0n) is 19.2. The van der Waals surface area contributed by atoms with Gasteiger partial charge in [-0.2, -0.15) is 0 Å². The molecule has 0 saturated heterocycles. The fraction of sp³-hybridized carbons (Fsp3) is 0.423. The number of fused-ring (bicyclic) bond motifs is 3. The van der Waals surface area contributed by atoms with Crippen molar-refractivity contribution in [3.8, 4) is 11.1 Å². The Hall–Kier alpha value is -3.39. The third-order valence-corrected chi connectivity index (χ3v) is 6.88. The van der Waals surface area contributed by atoms with Crippen LogP contribution in [0.5, 0.6) is 0 Å². The first kappa shape index (κ1) is 23.8. The van der Waals surface area contributed by atoms with Gasteiger partial charge in [0.1, 0.15) is 6.61 Å². The van der Waals surface area contributed by atoms with Gasteiger partial charge in [-0.25, -0.2) is 4.79 Å². The normalized spacial score (nSPS) is 16.5. The van der Waals surface area contributed by atoms with Crippen LogP contribution in [0, 0.1) is 11.8 Å². The molecule has 0 spiro atoms. The maximum atomic E-state index is 12.5. The first-order chi connectivity index (χ1) is 16.5. The number of amides is 2. The molecule has 8 nitrogen and oxygen atoms in total. The van der Waals surface area contributed by atoms with Crippen molar-refractivity contribution in [2.45, 2.75) is 31.3 Å². The van der Waals surface area contributed by atoms with Crippen LogP contribution in [0.3, 0.4) is 0 Å². The van der Waals surface area contributed by atoms with Crippen molar-refractivity contribution in [2.75, 3.05) is 26.8 Å². The summed E-state index contributed by atoms with van der Waals surface area (Å²) in [6.07, 6.45) is 1.16. The SMILES string of the molecule is COC(CNC(=O)OCC1c2ccccc2-c2ccccc21)C(=O)NCC(C(=O)O)C1CCC1. The number of carboxylic acids is 1. The first-order valence-electron chi connectivity index (χ1n) is 11.6. The molecular formula is C26H30N2O6. The topological polar surface area (TPSA) is 114 Å². The monoisotopic (exact) mass is 466 g/mol. The minimum Gasteiger partial charge on any atom is -0.481 e. The van der Waals surface area contributed by atoms with Crippen LogP contribution in [0.25, 0.3) is 11.1 Å². The number of carbonyl (C=O) groups is 3. The summed E-state index contributed by atoms with van der Waals surface area (Å²) in [7, 11) is 1.37. The predicted octanol–water partition coefficient (Wildman–Crippen LogP) is 3.16. The van der Waals surface area contributed by atoms with E-state index in [1.807, 2.05) is 36.4 Å². The van der Waals surface area contributed by atoms with Gasteiger partial charge in [-0.05, 0) is 41.0 Å². The van der Waals surface area contributed by atoms with Crippen molar-refractivity contribution in [1.82, 2.24) is 10.6 Å². The van der Waals surface area contributed by atoms with Gasteiger partial charge in [0, 0.05) is 19.6 Å². The molecule has 0 aromatic heterocycles. The van der Waals surface area contributed by atoms with Gasteiger partial charge < -0.3 is 25.2 Å². The average molecular weight is 467 g/mol. The number of carbonyl (C=O) groups excluding carboxylic acids is 2. The second kappa shape index (κ2) is 10.7. The molecule has 2 aliphatic carbocycles. The van der Waals surface area contributed by atoms with Crippen LogP contribution in [-0.2, 0) is 19.1 Å². The van der Waals surface area contributed by atoms with Gasteiger partial charge in [0.2, 0.25) is 0 Å². The molecule has 1 fully saturated rings. The van der Waals surface area contributed by atoms with Crippen LogP contribution >= 0.6 is 0 Å². The summed E-state index contributed by atoms with van der Waals surface area (Å²) in [6, 6.07) is 16.1. The Morgan fingerprint density at radius 1 is 0.971 bits per heavy atom. The molecule has 2 aromatic carbocycles. The lowest BCUT2D eigenvalue weighted by Gasteiger charge is -2.31. The first-order valence-corrected chi connectivity index (χ1v) is 11.6. The Morgan fingerprint density at radius 2 is 1.59 bits per heavy atom. The summed E-state index contributed by atoms with van der Waals surface area (Å²) in [5, 5.41) is 14.6. The fourth-order valence-electron chi connectivity index (χ4n) is 4.73. The van der Waals surface area contributed by atoms with E-state index in [0.717, 1.165) is 41.5 Å². The molecule has 1 saturated carbocycles. The maximum Gasteiger partial charge on any atom is 0.407 e. The number of ether oxygens (including phenoxy) is 2. The largest absolute Gasteiger partial charge is 0.481 e. The molecule has 2 aliphatic rings. The number of carboxylic acid groups (broad SMARTS) is 1. The van der Waals surface area contributed by atoms with E-state index >= 15 is 0 Å². The number of alkyl carbamates (subject to hydrolysis) is 1. The number of aliphatic carboxylic acids is 1. The van der Waals surface area contributed by atoms with Crippen LogP contribution < -0.4 is 10.6 Å². The summed E-state index contributed by atoms with van der Waals surface area (Å²) in [6.45, 7) is 0.134. The molecule has 2 atom stereocenters. The number of nitrogens with one attached hydrogen (secondary N) is 2. The van der Waals surface area contributed by atoms with Crippen LogP contribution in [0.15, 0.2) is 48.5 Å². The van der Waals surface area contributed by atoms with Crippen LogP contribution in [0.4, 0.5) is 4.79 Å². The molecule has 3 N–H and O–H groups in total. The number of benzene rings is 2. The number of hydrogen-bond donors (Lipinski definition) is 3. The molecule has 34 heavy (non-hydrogen) atoms. The Morgan fingerprint density at radius 3 is 2.12 bits per heavy atom. The predicted molar refractivity (Wildman–Crippen MR) is 125 cm³/mol. The van der Waals surface area contributed by atoms with E-state index < -0.39 is 30.0 Å². The molecule has 2 unspecified atom stereocenters. The maximum absolute atomic E-state index is 12.5. The zero-order valence-corrected chi connectivity index (χ0v) is 19.2. The molecule has 0 heterocycles. The number of methoxy groups -OCH3 is 1. The second-order valence-electron chi connectivity index (χ2n) is 8.81. The van der Waals surface area contributed by atoms with Crippen molar-refractivity contribution in [3.05, 3.63) is 59.7 Å². The van der Waals surface area contributed by atoms with Gasteiger partial charge in [-0.15, -0.1) is 0 Å². The van der Waals surface area contributed by atoms with Gasteiger partial charge >= 0.3 is 12.1 Å². The number of hydrogen-bond acceptors (Lipinski definition) is 5. The fourth-order valence-corrected chi connectivity index (χ4v) is 4.73. The van der Waals surface area contributed by atoms with Gasteiger partial charge in [-0.1, -0.05) is 55.0 Å². The lowest BCUT2D eigenvalue weighted by atomic mass is 9.76. The van der Waals surface area contributed by atoms with E-state index in [-0.39, 0.29) is 31.5 Å². The molecule has 0 bridgehead atoms. The molecule has 180 valence electrons. The molecule has 2 amide bonds. The van der Waals surface area contributed by atoms with Crippen LogP contribution in [0.1, 0.15) is 36.3 Å². The molecule has 0 radical (unpaired) electrons. The highest BCUT2D eigenvalue weighted by Crippen LogP contribution is 2.44. The van der Waals surface area contributed by atoms with Crippen LogP contribution in [0.2, 0.25) is 0 Å². The highest BCUT2D eigenvalue weighted by molar-refractivity contribution is 5.82. The Bertz CT molecular complexity index is 1010. The Labute approximate surface area is 198 Å². The summed E-state index contributed by atoms with van der Waals surface area (Å²) in [4.78, 5) is 36.3. The Kier molecular flexibility index (Phi) is 7.47. The lowest BCUT2D eigenvalue weighted by Crippen LogP contribution is -2.47. The van der Waals surface area contributed by atoms with E-state index in [1.54, 1.807) is 0 Å². The van der Waals surface area contributed by atoms with Gasteiger partial charge in [0.25, 0.3) is 5.91 Å². The molecular weight excluding hydrogens is 436 g/mol. The average Bonchev–Trinajstić information content (AvgIpc) is 3.13. The van der Waals surface area contributed by atoms with E-state index in [0.29, 0.717) is 0 Å². The third kappa shape index (κ3) is 5.07. The lowest BCUT2D eigenvalue weighted by molar-refractivity contribution is -0.145. The zero-order chi connectivity index (χ0) is 24.1. The highest BCUT2D eigenvalue weighted by Gasteiger charge is 2.33. The molecule has 4 rings (SSSR count). The van der Waals surface area contributed by atoms with E-state index in [4.69, 9.17) is 9.47 Å². The molecule has 2 aromatic rings. The van der Waals surface area contributed by atoms with Gasteiger partial charge in [0.05, 0.1) is 12.5 Å². The van der Waals surface area contributed by atoms with Gasteiger partial charge in [-0.3, -0.25) is 9.59 Å². The summed E-state index contributed by atoms with van der Waals surface area (Å²) in [5.74, 6) is -1.94. The smallest absolute Gasteiger partial charge is 0.407 e. The Balaban J connectivity index is 1.27. The van der Waals surface area contributed by atoms with Crippen molar-refractivity contribution in [3.63, 3.8) is 0 Å². The highest BCUT2D eigenvalue weighted by atomic mass is 16.5. The minimum absolute atomic E-state index is 0.0453. The number of rotatable bonds is 10.